The van der Waals surface area contributed by atoms with E-state index in [2.05, 4.69) is 5.32 Å². The fourth-order valence-corrected chi connectivity index (χ4v) is 1.40. The molecule has 1 N–H and O–H groups in total. The molecule has 0 aromatic heterocycles. The Labute approximate surface area is 112 Å². The Morgan fingerprint density at radius 1 is 1.21 bits per heavy atom. The maximum absolute atomic E-state index is 12.0. The van der Waals surface area contributed by atoms with Crippen LogP contribution in [-0.4, -0.2) is 51.6 Å². The largest absolute Gasteiger partial charge is 0.497 e. The molecule has 0 aliphatic carbocycles. The summed E-state index contributed by atoms with van der Waals surface area (Å²) in [6.07, 6.45) is 0. The second-order valence-corrected chi connectivity index (χ2v) is 4.04. The summed E-state index contributed by atoms with van der Waals surface area (Å²) in [4.78, 5) is 24.8. The van der Waals surface area contributed by atoms with Gasteiger partial charge in [0.05, 0.1) is 26.3 Å². The lowest BCUT2D eigenvalue weighted by molar-refractivity contribution is -0.127. The molecule has 19 heavy (non-hydrogen) atoms. The minimum atomic E-state index is -0.383. The SMILES string of the molecule is COc1ccc(OC)c(C(=O)NCC(=O)N(C)C)c1. The van der Waals surface area contributed by atoms with Gasteiger partial charge in [-0.3, -0.25) is 9.59 Å². The molecule has 6 nitrogen and oxygen atoms in total. The number of rotatable bonds is 5. The third-order valence-electron chi connectivity index (χ3n) is 2.55. The molecule has 0 heterocycles. The molecule has 0 aliphatic rings. The van der Waals surface area contributed by atoms with Gasteiger partial charge < -0.3 is 19.7 Å². The Balaban J connectivity index is 2.83. The van der Waals surface area contributed by atoms with E-state index in [1.807, 2.05) is 0 Å². The van der Waals surface area contributed by atoms with E-state index in [9.17, 15) is 9.59 Å². The van der Waals surface area contributed by atoms with Crippen molar-refractivity contribution in [1.82, 2.24) is 10.2 Å². The van der Waals surface area contributed by atoms with E-state index in [-0.39, 0.29) is 18.4 Å². The highest BCUT2D eigenvalue weighted by molar-refractivity contribution is 5.99. The summed E-state index contributed by atoms with van der Waals surface area (Å²) in [7, 11) is 6.24. The van der Waals surface area contributed by atoms with Gasteiger partial charge in [-0.2, -0.15) is 0 Å². The quantitative estimate of drug-likeness (QED) is 0.843. The fourth-order valence-electron chi connectivity index (χ4n) is 1.40. The molecule has 0 saturated carbocycles. The number of ether oxygens (including phenoxy) is 2. The Bertz CT molecular complexity index is 472. The van der Waals surface area contributed by atoms with Crippen molar-refractivity contribution < 1.29 is 19.1 Å². The molecule has 2 amide bonds. The van der Waals surface area contributed by atoms with Crippen LogP contribution in [0.2, 0.25) is 0 Å². The van der Waals surface area contributed by atoms with Crippen LogP contribution in [0, 0.1) is 0 Å². The number of benzene rings is 1. The minimum Gasteiger partial charge on any atom is -0.497 e. The molecule has 1 rings (SSSR count). The zero-order chi connectivity index (χ0) is 14.4. The molecule has 0 fully saturated rings. The van der Waals surface area contributed by atoms with Crippen LogP contribution in [-0.2, 0) is 4.79 Å². The van der Waals surface area contributed by atoms with Crippen LogP contribution in [0.3, 0.4) is 0 Å². The van der Waals surface area contributed by atoms with Gasteiger partial charge in [-0.15, -0.1) is 0 Å². The summed E-state index contributed by atoms with van der Waals surface area (Å²) in [5, 5.41) is 2.54. The van der Waals surface area contributed by atoms with Crippen molar-refractivity contribution in [2.75, 3.05) is 34.9 Å². The van der Waals surface area contributed by atoms with Gasteiger partial charge in [0, 0.05) is 14.1 Å². The predicted octanol–water partition coefficient (Wildman–Crippen LogP) is 0.522. The highest BCUT2D eigenvalue weighted by Crippen LogP contribution is 2.23. The molecule has 0 aliphatic heterocycles. The van der Waals surface area contributed by atoms with Gasteiger partial charge in [-0.25, -0.2) is 0 Å². The Morgan fingerprint density at radius 3 is 2.42 bits per heavy atom. The smallest absolute Gasteiger partial charge is 0.255 e. The number of carbonyl (C=O) groups is 2. The first-order chi connectivity index (χ1) is 8.99. The molecule has 0 spiro atoms. The number of nitrogens with one attached hydrogen (secondary N) is 1. The molecule has 6 heteroatoms. The molecule has 0 atom stereocenters. The van der Waals surface area contributed by atoms with Crippen LogP contribution in [0.5, 0.6) is 11.5 Å². The van der Waals surface area contributed by atoms with Crippen LogP contribution in [0.4, 0.5) is 0 Å². The molecule has 0 unspecified atom stereocenters. The maximum Gasteiger partial charge on any atom is 0.255 e. The van der Waals surface area contributed by atoms with Gasteiger partial charge in [-0.05, 0) is 18.2 Å². The minimum absolute atomic E-state index is 0.0633. The fraction of sp³-hybridized carbons (Fsp3) is 0.385. The first-order valence-electron chi connectivity index (χ1n) is 5.70. The summed E-state index contributed by atoms with van der Waals surface area (Å²) in [5.74, 6) is 0.404. The van der Waals surface area contributed by atoms with Gasteiger partial charge in [0.2, 0.25) is 5.91 Å². The Hall–Kier alpha value is -2.24. The molecule has 1 aromatic carbocycles. The number of carbonyl (C=O) groups excluding carboxylic acids is 2. The highest BCUT2D eigenvalue weighted by Gasteiger charge is 2.15. The second kappa shape index (κ2) is 6.63. The van der Waals surface area contributed by atoms with E-state index < -0.39 is 0 Å². The number of hydrogen-bond donors (Lipinski definition) is 1. The summed E-state index contributed by atoms with van der Waals surface area (Å²) in [5.41, 5.74) is 0.327. The van der Waals surface area contributed by atoms with Gasteiger partial charge >= 0.3 is 0 Å². The van der Waals surface area contributed by atoms with Crippen LogP contribution in [0.15, 0.2) is 18.2 Å². The topological polar surface area (TPSA) is 67.9 Å². The molecule has 0 radical (unpaired) electrons. The average Bonchev–Trinajstić information content (AvgIpc) is 2.43. The molecular formula is C13H18N2O4. The van der Waals surface area contributed by atoms with E-state index >= 15 is 0 Å². The number of methoxy groups -OCH3 is 2. The van der Waals surface area contributed by atoms with Crippen molar-refractivity contribution in [2.45, 2.75) is 0 Å². The number of nitrogens with zero attached hydrogens (tertiary/aromatic N) is 1. The number of hydrogen-bond acceptors (Lipinski definition) is 4. The Kier molecular flexibility index (Phi) is 5.17. The molecular weight excluding hydrogens is 248 g/mol. The summed E-state index contributed by atoms with van der Waals surface area (Å²) in [6.45, 7) is -0.0633. The lowest BCUT2D eigenvalue weighted by atomic mass is 10.1. The lowest BCUT2D eigenvalue weighted by Crippen LogP contribution is -2.36. The van der Waals surface area contributed by atoms with Gasteiger partial charge in [-0.1, -0.05) is 0 Å². The van der Waals surface area contributed by atoms with E-state index in [4.69, 9.17) is 9.47 Å². The van der Waals surface area contributed by atoms with Crippen LogP contribution >= 0.6 is 0 Å². The van der Waals surface area contributed by atoms with Crippen molar-refractivity contribution in [3.8, 4) is 11.5 Å². The van der Waals surface area contributed by atoms with E-state index in [1.54, 1.807) is 32.3 Å². The molecule has 104 valence electrons. The second-order valence-electron chi connectivity index (χ2n) is 4.04. The average molecular weight is 266 g/mol. The highest BCUT2D eigenvalue weighted by atomic mass is 16.5. The van der Waals surface area contributed by atoms with Crippen molar-refractivity contribution in [3.63, 3.8) is 0 Å². The summed E-state index contributed by atoms with van der Waals surface area (Å²) < 4.78 is 10.2. The summed E-state index contributed by atoms with van der Waals surface area (Å²) in [6, 6.07) is 4.90. The molecule has 1 aromatic rings. The van der Waals surface area contributed by atoms with Crippen molar-refractivity contribution in [1.29, 1.82) is 0 Å². The maximum atomic E-state index is 12.0. The standard InChI is InChI=1S/C13H18N2O4/c1-15(2)12(16)8-14-13(17)10-7-9(18-3)5-6-11(10)19-4/h5-7H,8H2,1-4H3,(H,14,17). The first kappa shape index (κ1) is 14.8. The van der Waals surface area contributed by atoms with Crippen LogP contribution in [0.1, 0.15) is 10.4 Å². The van der Waals surface area contributed by atoms with Gasteiger partial charge in [0.15, 0.2) is 0 Å². The van der Waals surface area contributed by atoms with E-state index in [0.29, 0.717) is 17.1 Å². The van der Waals surface area contributed by atoms with E-state index in [0.717, 1.165) is 0 Å². The zero-order valence-electron chi connectivity index (χ0n) is 11.5. The van der Waals surface area contributed by atoms with Crippen molar-refractivity contribution >= 4 is 11.8 Å². The lowest BCUT2D eigenvalue weighted by Gasteiger charge is -2.13. The number of likely N-dealkylation sites (N-methyl/N-ethyl adjacent to an activating group) is 1. The van der Waals surface area contributed by atoms with Crippen molar-refractivity contribution in [2.24, 2.45) is 0 Å². The normalized spacial score (nSPS) is 9.68. The van der Waals surface area contributed by atoms with E-state index in [1.165, 1.54) is 19.1 Å². The van der Waals surface area contributed by atoms with Gasteiger partial charge in [0.25, 0.3) is 5.91 Å². The van der Waals surface area contributed by atoms with Crippen molar-refractivity contribution in [3.05, 3.63) is 23.8 Å². The van der Waals surface area contributed by atoms with Crippen LogP contribution < -0.4 is 14.8 Å². The number of amides is 2. The third-order valence-corrected chi connectivity index (χ3v) is 2.55. The van der Waals surface area contributed by atoms with Gasteiger partial charge in [0.1, 0.15) is 11.5 Å². The molecule has 0 bridgehead atoms. The first-order valence-corrected chi connectivity index (χ1v) is 5.70. The Morgan fingerprint density at radius 2 is 1.89 bits per heavy atom. The predicted molar refractivity (Wildman–Crippen MR) is 70.6 cm³/mol. The van der Waals surface area contributed by atoms with Crippen LogP contribution in [0.25, 0.3) is 0 Å². The monoisotopic (exact) mass is 266 g/mol. The summed E-state index contributed by atoms with van der Waals surface area (Å²) >= 11 is 0. The molecule has 0 saturated heterocycles. The zero-order valence-corrected chi connectivity index (χ0v) is 11.5. The third kappa shape index (κ3) is 3.87.